The molecule has 1 atom stereocenters. The van der Waals surface area contributed by atoms with Crippen molar-refractivity contribution in [3.63, 3.8) is 0 Å². The van der Waals surface area contributed by atoms with Crippen LogP contribution in [0.3, 0.4) is 0 Å². The van der Waals surface area contributed by atoms with Crippen molar-refractivity contribution >= 4 is 11.8 Å². The first kappa shape index (κ1) is 13.1. The van der Waals surface area contributed by atoms with Gasteiger partial charge in [0, 0.05) is 5.92 Å². The van der Waals surface area contributed by atoms with Crippen LogP contribution >= 0.6 is 0 Å². The molecule has 0 bridgehead atoms. The Labute approximate surface area is 111 Å². The predicted octanol–water partition coefficient (Wildman–Crippen LogP) is 1.51. The first-order valence-corrected chi connectivity index (χ1v) is 6.21. The smallest absolute Gasteiger partial charge is 0.273 e. The summed E-state index contributed by atoms with van der Waals surface area (Å²) < 4.78 is 0. The molecule has 1 aromatic carbocycles. The fourth-order valence-electron chi connectivity index (χ4n) is 1.99. The Balaban J connectivity index is 1.88. The van der Waals surface area contributed by atoms with Gasteiger partial charge < -0.3 is 5.11 Å². The zero-order valence-electron chi connectivity index (χ0n) is 10.4. The number of amides is 2. The number of para-hydroxylation sites is 1. The van der Waals surface area contributed by atoms with Gasteiger partial charge in [0.25, 0.3) is 5.91 Å². The standard InChI is InChI=1S/C14H16N2O3/c17-12-9-5-4-8-11(12)14(19)16-15-13(18)10-6-2-1-3-7-10/h1-2,4-5,8-10,17H,3,6-7H2,(H,15,18)(H,16,19)/t10-/m1/s1. The number of allylic oxidation sites excluding steroid dienone is 2. The minimum atomic E-state index is -0.530. The Morgan fingerprint density at radius 1 is 1.16 bits per heavy atom. The van der Waals surface area contributed by atoms with Crippen LogP contribution in [0.15, 0.2) is 36.4 Å². The van der Waals surface area contributed by atoms with Crippen molar-refractivity contribution in [3.8, 4) is 5.75 Å². The highest BCUT2D eigenvalue weighted by Crippen LogP contribution is 2.18. The Hall–Kier alpha value is -2.30. The number of benzene rings is 1. The molecule has 1 aliphatic carbocycles. The topological polar surface area (TPSA) is 78.4 Å². The highest BCUT2D eigenvalue weighted by molar-refractivity contribution is 5.97. The molecular formula is C14H16N2O3. The summed E-state index contributed by atoms with van der Waals surface area (Å²) in [5.41, 5.74) is 4.84. The van der Waals surface area contributed by atoms with Crippen LogP contribution in [0.4, 0.5) is 0 Å². The molecule has 0 aromatic heterocycles. The van der Waals surface area contributed by atoms with Crippen LogP contribution in [0.2, 0.25) is 0 Å². The number of carbonyl (C=O) groups excluding carboxylic acids is 2. The largest absolute Gasteiger partial charge is 0.507 e. The van der Waals surface area contributed by atoms with E-state index in [1.165, 1.54) is 12.1 Å². The summed E-state index contributed by atoms with van der Waals surface area (Å²) in [5.74, 6) is -0.949. The number of hydrogen-bond acceptors (Lipinski definition) is 3. The molecule has 0 aliphatic heterocycles. The van der Waals surface area contributed by atoms with Crippen molar-refractivity contribution in [3.05, 3.63) is 42.0 Å². The molecule has 1 aromatic rings. The SMILES string of the molecule is O=C(NNC(=O)[C@@H]1CC=CCC1)c1ccccc1O. The van der Waals surface area contributed by atoms with Gasteiger partial charge in [0.15, 0.2) is 0 Å². The van der Waals surface area contributed by atoms with Crippen LogP contribution in [-0.4, -0.2) is 16.9 Å². The van der Waals surface area contributed by atoms with E-state index in [1.807, 2.05) is 12.2 Å². The fraction of sp³-hybridized carbons (Fsp3) is 0.286. The molecule has 0 heterocycles. The second-order valence-corrected chi connectivity index (χ2v) is 4.44. The maximum Gasteiger partial charge on any atom is 0.273 e. The van der Waals surface area contributed by atoms with Gasteiger partial charge >= 0.3 is 0 Å². The first-order valence-electron chi connectivity index (χ1n) is 6.21. The molecule has 0 saturated heterocycles. The van der Waals surface area contributed by atoms with Crippen LogP contribution in [0.1, 0.15) is 29.6 Å². The zero-order chi connectivity index (χ0) is 13.7. The van der Waals surface area contributed by atoms with Crippen molar-refractivity contribution in [1.82, 2.24) is 10.9 Å². The number of hydrogen-bond donors (Lipinski definition) is 3. The average molecular weight is 260 g/mol. The summed E-state index contributed by atoms with van der Waals surface area (Å²) >= 11 is 0. The second kappa shape index (κ2) is 6.04. The molecule has 0 spiro atoms. The fourth-order valence-corrected chi connectivity index (χ4v) is 1.99. The van der Waals surface area contributed by atoms with Gasteiger partial charge in [0.2, 0.25) is 5.91 Å². The van der Waals surface area contributed by atoms with E-state index in [0.29, 0.717) is 6.42 Å². The maximum absolute atomic E-state index is 11.8. The minimum absolute atomic E-state index is 0.102. The molecular weight excluding hydrogens is 244 g/mol. The Morgan fingerprint density at radius 2 is 1.95 bits per heavy atom. The molecule has 3 N–H and O–H groups in total. The molecule has 0 radical (unpaired) electrons. The summed E-state index contributed by atoms with van der Waals surface area (Å²) in [6.07, 6.45) is 6.38. The third-order valence-electron chi connectivity index (χ3n) is 3.09. The molecule has 5 nitrogen and oxygen atoms in total. The predicted molar refractivity (Wildman–Crippen MR) is 70.2 cm³/mol. The van der Waals surface area contributed by atoms with Gasteiger partial charge in [-0.2, -0.15) is 0 Å². The van der Waals surface area contributed by atoms with Crippen LogP contribution < -0.4 is 10.9 Å². The molecule has 0 unspecified atom stereocenters. The number of nitrogens with one attached hydrogen (secondary N) is 2. The van der Waals surface area contributed by atoms with E-state index >= 15 is 0 Å². The highest BCUT2D eigenvalue weighted by atomic mass is 16.3. The van der Waals surface area contributed by atoms with Crippen LogP contribution in [0.5, 0.6) is 5.75 Å². The average Bonchev–Trinajstić information content (AvgIpc) is 2.46. The number of carbonyl (C=O) groups is 2. The van der Waals surface area contributed by atoms with E-state index in [0.717, 1.165) is 12.8 Å². The lowest BCUT2D eigenvalue weighted by atomic mass is 9.94. The second-order valence-electron chi connectivity index (χ2n) is 4.44. The summed E-state index contributed by atoms with van der Waals surface area (Å²) in [6.45, 7) is 0. The Morgan fingerprint density at radius 3 is 2.63 bits per heavy atom. The van der Waals surface area contributed by atoms with E-state index in [9.17, 15) is 14.7 Å². The van der Waals surface area contributed by atoms with Gasteiger partial charge in [-0.05, 0) is 31.4 Å². The van der Waals surface area contributed by atoms with E-state index in [-0.39, 0.29) is 23.1 Å². The Bertz CT molecular complexity index is 511. The highest BCUT2D eigenvalue weighted by Gasteiger charge is 2.19. The van der Waals surface area contributed by atoms with E-state index < -0.39 is 5.91 Å². The van der Waals surface area contributed by atoms with E-state index in [2.05, 4.69) is 10.9 Å². The van der Waals surface area contributed by atoms with E-state index in [4.69, 9.17) is 0 Å². The van der Waals surface area contributed by atoms with Gasteiger partial charge in [-0.1, -0.05) is 24.3 Å². The van der Waals surface area contributed by atoms with Crippen LogP contribution in [0.25, 0.3) is 0 Å². The van der Waals surface area contributed by atoms with Gasteiger partial charge in [0.1, 0.15) is 5.75 Å². The number of hydrazine groups is 1. The lowest BCUT2D eigenvalue weighted by Crippen LogP contribution is -2.44. The first-order chi connectivity index (χ1) is 9.18. The van der Waals surface area contributed by atoms with Crippen LogP contribution in [0, 0.1) is 5.92 Å². The Kier molecular flexibility index (Phi) is 4.18. The van der Waals surface area contributed by atoms with Gasteiger partial charge in [-0.15, -0.1) is 0 Å². The minimum Gasteiger partial charge on any atom is -0.507 e. The van der Waals surface area contributed by atoms with Gasteiger partial charge in [-0.25, -0.2) is 0 Å². The summed E-state index contributed by atoms with van der Waals surface area (Å²) in [7, 11) is 0. The number of rotatable bonds is 2. The van der Waals surface area contributed by atoms with E-state index in [1.54, 1.807) is 12.1 Å². The summed E-state index contributed by atoms with van der Waals surface area (Å²) in [6, 6.07) is 6.17. The van der Waals surface area contributed by atoms with Gasteiger partial charge in [0.05, 0.1) is 5.56 Å². The monoisotopic (exact) mass is 260 g/mol. The molecule has 19 heavy (non-hydrogen) atoms. The molecule has 1 aliphatic rings. The van der Waals surface area contributed by atoms with Crippen molar-refractivity contribution in [2.45, 2.75) is 19.3 Å². The lowest BCUT2D eigenvalue weighted by molar-refractivity contribution is -0.126. The lowest BCUT2D eigenvalue weighted by Gasteiger charge is -2.17. The molecule has 100 valence electrons. The molecule has 5 heteroatoms. The number of phenolic OH excluding ortho intramolecular Hbond substituents is 1. The normalized spacial score (nSPS) is 17.8. The number of aromatic hydroxyl groups is 1. The number of phenols is 1. The maximum atomic E-state index is 11.8. The molecule has 2 rings (SSSR count). The van der Waals surface area contributed by atoms with Crippen molar-refractivity contribution in [1.29, 1.82) is 0 Å². The summed E-state index contributed by atoms with van der Waals surface area (Å²) in [5, 5.41) is 9.51. The van der Waals surface area contributed by atoms with Gasteiger partial charge in [-0.3, -0.25) is 20.4 Å². The van der Waals surface area contributed by atoms with Crippen molar-refractivity contribution in [2.75, 3.05) is 0 Å². The quantitative estimate of drug-likeness (QED) is 0.557. The molecule has 2 amide bonds. The molecule has 0 saturated carbocycles. The summed E-state index contributed by atoms with van der Waals surface area (Å²) in [4.78, 5) is 23.5. The van der Waals surface area contributed by atoms with Crippen molar-refractivity contribution < 1.29 is 14.7 Å². The third-order valence-corrected chi connectivity index (χ3v) is 3.09. The molecule has 0 fully saturated rings. The zero-order valence-corrected chi connectivity index (χ0v) is 10.4. The van der Waals surface area contributed by atoms with Crippen LogP contribution in [-0.2, 0) is 4.79 Å². The third kappa shape index (κ3) is 3.34. The van der Waals surface area contributed by atoms with Crippen molar-refractivity contribution in [2.24, 2.45) is 5.92 Å².